The number of nitrogens with zero attached hydrogens (tertiary/aromatic N) is 1. The number of unbranched alkanes of at least 4 members (excludes halogenated alkanes) is 2. The first kappa shape index (κ1) is 16.8. The Bertz CT molecular complexity index is 851. The van der Waals surface area contributed by atoms with Gasteiger partial charge in [0.2, 0.25) is 0 Å². The normalized spacial score (nSPS) is 15.8. The number of anilines is 1. The predicted octanol–water partition coefficient (Wildman–Crippen LogP) is 4.78. The first-order valence-corrected chi connectivity index (χ1v) is 9.86. The lowest BCUT2D eigenvalue weighted by molar-refractivity contribution is 0.593. The minimum Gasteiger partial charge on any atom is -0.261 e. The molecule has 0 spiro atoms. The van der Waals surface area contributed by atoms with Crippen LogP contribution in [0, 0.1) is 6.92 Å². The van der Waals surface area contributed by atoms with E-state index in [1.165, 1.54) is 4.31 Å². The molecule has 1 aliphatic rings. The fraction of sp³-hybridized carbons (Fsp3) is 0.300. The molecule has 0 saturated carbocycles. The van der Waals surface area contributed by atoms with E-state index in [9.17, 15) is 8.42 Å². The Labute approximate surface area is 144 Å². The van der Waals surface area contributed by atoms with Crippen molar-refractivity contribution in [3.8, 4) is 0 Å². The van der Waals surface area contributed by atoms with Gasteiger partial charge in [0.15, 0.2) is 0 Å². The number of hydrogen-bond acceptors (Lipinski definition) is 2. The largest absolute Gasteiger partial charge is 0.264 e. The molecule has 0 aliphatic carbocycles. The SMILES string of the molecule is CCCC/C=C1/CN(S(=O)(=O)c2ccc(C)cc2)c2ccccc21. The Hall–Kier alpha value is -2.07. The summed E-state index contributed by atoms with van der Waals surface area (Å²) in [6.07, 6.45) is 5.43. The molecule has 3 nitrogen and oxygen atoms in total. The molecule has 4 heteroatoms. The Morgan fingerprint density at radius 3 is 2.50 bits per heavy atom. The summed E-state index contributed by atoms with van der Waals surface area (Å²) in [5, 5.41) is 0. The third kappa shape index (κ3) is 3.11. The third-order valence-electron chi connectivity index (χ3n) is 4.39. The smallest absolute Gasteiger partial charge is 0.261 e. The zero-order valence-electron chi connectivity index (χ0n) is 14.2. The summed E-state index contributed by atoms with van der Waals surface area (Å²) in [7, 11) is -3.54. The summed E-state index contributed by atoms with van der Waals surface area (Å²) in [6.45, 7) is 4.53. The first-order valence-electron chi connectivity index (χ1n) is 8.42. The molecule has 0 unspecified atom stereocenters. The van der Waals surface area contributed by atoms with Gasteiger partial charge in [0.1, 0.15) is 0 Å². The number of allylic oxidation sites excluding steroid dienone is 1. The molecule has 2 aromatic carbocycles. The highest BCUT2D eigenvalue weighted by atomic mass is 32.2. The van der Waals surface area contributed by atoms with Crippen LogP contribution < -0.4 is 4.31 Å². The first-order chi connectivity index (χ1) is 11.5. The van der Waals surface area contributed by atoms with Crippen LogP contribution in [0.4, 0.5) is 5.69 Å². The fourth-order valence-corrected chi connectivity index (χ4v) is 4.46. The zero-order valence-corrected chi connectivity index (χ0v) is 15.0. The third-order valence-corrected chi connectivity index (χ3v) is 6.16. The molecule has 0 saturated heterocycles. The van der Waals surface area contributed by atoms with Gasteiger partial charge in [-0.3, -0.25) is 4.31 Å². The van der Waals surface area contributed by atoms with E-state index < -0.39 is 10.0 Å². The summed E-state index contributed by atoms with van der Waals surface area (Å²) < 4.78 is 27.7. The van der Waals surface area contributed by atoms with Crippen LogP contribution in [-0.4, -0.2) is 15.0 Å². The second-order valence-corrected chi connectivity index (χ2v) is 8.08. The van der Waals surface area contributed by atoms with Crippen LogP contribution in [0.25, 0.3) is 5.57 Å². The van der Waals surface area contributed by atoms with Crippen LogP contribution in [-0.2, 0) is 10.0 Å². The fourth-order valence-electron chi connectivity index (χ4n) is 2.99. The molecule has 0 aromatic heterocycles. The summed E-state index contributed by atoms with van der Waals surface area (Å²) >= 11 is 0. The average molecular weight is 341 g/mol. The van der Waals surface area contributed by atoms with E-state index in [1.54, 1.807) is 12.1 Å². The maximum atomic E-state index is 13.1. The molecule has 1 heterocycles. The number of aryl methyl sites for hydroxylation is 1. The lowest BCUT2D eigenvalue weighted by Crippen LogP contribution is -2.28. The number of hydrogen-bond donors (Lipinski definition) is 0. The van der Waals surface area contributed by atoms with Gasteiger partial charge in [-0.15, -0.1) is 0 Å². The zero-order chi connectivity index (χ0) is 17.2. The van der Waals surface area contributed by atoms with Crippen molar-refractivity contribution in [1.29, 1.82) is 0 Å². The molecule has 0 atom stereocenters. The van der Waals surface area contributed by atoms with Crippen LogP contribution >= 0.6 is 0 Å². The molecule has 2 aromatic rings. The van der Waals surface area contributed by atoms with E-state index in [0.717, 1.165) is 41.6 Å². The highest BCUT2D eigenvalue weighted by molar-refractivity contribution is 7.92. The van der Waals surface area contributed by atoms with Crippen molar-refractivity contribution in [2.24, 2.45) is 0 Å². The standard InChI is InChI=1S/C20H23NO2S/c1-3-4-5-8-17-15-21(20-10-7-6-9-19(17)20)24(22,23)18-13-11-16(2)12-14-18/h6-14H,3-5,15H2,1-2H3/b17-8-. The van der Waals surface area contributed by atoms with Crippen molar-refractivity contribution in [3.63, 3.8) is 0 Å². The molecule has 0 amide bonds. The van der Waals surface area contributed by atoms with Gasteiger partial charge >= 0.3 is 0 Å². The maximum absolute atomic E-state index is 13.1. The van der Waals surface area contributed by atoms with Gasteiger partial charge in [-0.2, -0.15) is 0 Å². The second kappa shape index (κ2) is 6.81. The van der Waals surface area contributed by atoms with E-state index >= 15 is 0 Å². The lowest BCUT2D eigenvalue weighted by atomic mass is 10.1. The molecular formula is C20H23NO2S. The summed E-state index contributed by atoms with van der Waals surface area (Å²) in [4.78, 5) is 0.345. The minimum absolute atomic E-state index is 0.345. The molecule has 0 N–H and O–H groups in total. The van der Waals surface area contributed by atoms with Gasteiger partial charge in [-0.1, -0.05) is 61.7 Å². The number of para-hydroxylation sites is 1. The van der Waals surface area contributed by atoms with Crippen molar-refractivity contribution in [1.82, 2.24) is 0 Å². The van der Waals surface area contributed by atoms with Gasteiger partial charge in [-0.05, 0) is 37.1 Å². The van der Waals surface area contributed by atoms with E-state index in [-0.39, 0.29) is 0 Å². The molecule has 0 fully saturated rings. The number of sulfonamides is 1. The molecule has 3 rings (SSSR count). The highest BCUT2D eigenvalue weighted by Gasteiger charge is 2.32. The van der Waals surface area contributed by atoms with E-state index in [2.05, 4.69) is 13.0 Å². The van der Waals surface area contributed by atoms with Gasteiger partial charge in [0, 0.05) is 5.56 Å². The van der Waals surface area contributed by atoms with E-state index in [1.807, 2.05) is 43.3 Å². The summed E-state index contributed by atoms with van der Waals surface area (Å²) in [5.41, 5.74) is 3.97. The van der Waals surface area contributed by atoms with Crippen LogP contribution in [0.2, 0.25) is 0 Å². The van der Waals surface area contributed by atoms with Crippen LogP contribution in [0.3, 0.4) is 0 Å². The summed E-state index contributed by atoms with van der Waals surface area (Å²) in [5.74, 6) is 0. The van der Waals surface area contributed by atoms with Crippen molar-refractivity contribution >= 4 is 21.3 Å². The quantitative estimate of drug-likeness (QED) is 0.734. The molecule has 24 heavy (non-hydrogen) atoms. The van der Waals surface area contributed by atoms with E-state index in [0.29, 0.717) is 11.4 Å². The predicted molar refractivity (Wildman–Crippen MR) is 99.7 cm³/mol. The van der Waals surface area contributed by atoms with Crippen LogP contribution in [0.15, 0.2) is 59.5 Å². The van der Waals surface area contributed by atoms with Crippen molar-refractivity contribution in [2.45, 2.75) is 38.0 Å². The topological polar surface area (TPSA) is 37.4 Å². The summed E-state index contributed by atoms with van der Waals surface area (Å²) in [6, 6.07) is 14.8. The number of benzene rings is 2. The lowest BCUT2D eigenvalue weighted by Gasteiger charge is -2.19. The molecule has 126 valence electrons. The number of fused-ring (bicyclic) bond motifs is 1. The van der Waals surface area contributed by atoms with Gasteiger partial charge in [0.25, 0.3) is 10.0 Å². The Morgan fingerprint density at radius 1 is 1.08 bits per heavy atom. The Kier molecular flexibility index (Phi) is 4.76. The Balaban J connectivity index is 2.00. The monoisotopic (exact) mass is 341 g/mol. The molecule has 0 bridgehead atoms. The van der Waals surface area contributed by atoms with Gasteiger partial charge in [0.05, 0.1) is 17.1 Å². The van der Waals surface area contributed by atoms with Crippen molar-refractivity contribution < 1.29 is 8.42 Å². The van der Waals surface area contributed by atoms with Crippen LogP contribution in [0.5, 0.6) is 0 Å². The van der Waals surface area contributed by atoms with Gasteiger partial charge < -0.3 is 0 Å². The Morgan fingerprint density at radius 2 is 1.79 bits per heavy atom. The molecule has 1 aliphatic heterocycles. The number of rotatable bonds is 5. The van der Waals surface area contributed by atoms with Crippen molar-refractivity contribution in [2.75, 3.05) is 10.8 Å². The van der Waals surface area contributed by atoms with Crippen molar-refractivity contribution in [3.05, 3.63) is 65.7 Å². The molecular weight excluding hydrogens is 318 g/mol. The van der Waals surface area contributed by atoms with Crippen LogP contribution in [0.1, 0.15) is 37.3 Å². The average Bonchev–Trinajstić information content (AvgIpc) is 2.95. The van der Waals surface area contributed by atoms with Gasteiger partial charge in [-0.25, -0.2) is 8.42 Å². The van der Waals surface area contributed by atoms with E-state index in [4.69, 9.17) is 0 Å². The molecule has 0 radical (unpaired) electrons. The minimum atomic E-state index is -3.54. The highest BCUT2D eigenvalue weighted by Crippen LogP contribution is 2.39. The maximum Gasteiger partial charge on any atom is 0.264 e. The second-order valence-electron chi connectivity index (χ2n) is 6.21.